The van der Waals surface area contributed by atoms with Gasteiger partial charge in [0, 0.05) is 25.1 Å². The van der Waals surface area contributed by atoms with Gasteiger partial charge in [-0.15, -0.1) is 0 Å². The Morgan fingerprint density at radius 3 is 2.56 bits per heavy atom. The van der Waals surface area contributed by atoms with Gasteiger partial charge in [-0.3, -0.25) is 0 Å². The van der Waals surface area contributed by atoms with Gasteiger partial charge in [-0.05, 0) is 25.5 Å². The van der Waals surface area contributed by atoms with E-state index in [0.29, 0.717) is 11.6 Å². The van der Waals surface area contributed by atoms with Crippen molar-refractivity contribution in [1.29, 1.82) is 0 Å². The van der Waals surface area contributed by atoms with Crippen molar-refractivity contribution >= 4 is 5.82 Å². The minimum Gasteiger partial charge on any atom is -0.370 e. The number of nitrogens with zero attached hydrogens (tertiary/aromatic N) is 4. The summed E-state index contributed by atoms with van der Waals surface area (Å²) >= 11 is 0. The second-order valence-corrected chi connectivity index (χ2v) is 3.38. The van der Waals surface area contributed by atoms with Crippen LogP contribution in [0.1, 0.15) is 12.5 Å². The largest absolute Gasteiger partial charge is 0.370 e. The van der Waals surface area contributed by atoms with E-state index in [1.54, 1.807) is 18.6 Å². The molecule has 5 nitrogen and oxygen atoms in total. The summed E-state index contributed by atoms with van der Waals surface area (Å²) < 4.78 is 0. The second kappa shape index (κ2) is 4.65. The third-order valence-corrected chi connectivity index (χ3v) is 1.99. The topological polar surface area (TPSA) is 63.6 Å². The predicted molar refractivity (Wildman–Crippen MR) is 62.0 cm³/mol. The Kier molecular flexibility index (Phi) is 3.05. The number of nitrogens with one attached hydrogen (secondary N) is 1. The molecular weight excluding hydrogens is 202 g/mol. The van der Waals surface area contributed by atoms with E-state index in [-0.39, 0.29) is 0 Å². The summed E-state index contributed by atoms with van der Waals surface area (Å²) in [6, 6.07) is 1.82. The van der Waals surface area contributed by atoms with Crippen molar-refractivity contribution in [1.82, 2.24) is 19.9 Å². The van der Waals surface area contributed by atoms with E-state index in [9.17, 15) is 0 Å². The smallest absolute Gasteiger partial charge is 0.199 e. The summed E-state index contributed by atoms with van der Waals surface area (Å²) in [6.45, 7) is 4.79. The molecule has 2 rings (SSSR count). The zero-order chi connectivity index (χ0) is 11.4. The SMILES string of the molecule is CCNc1ccnc(-c2ncc(C)cn2)n1. The predicted octanol–water partition coefficient (Wildman–Crippen LogP) is 1.67. The normalized spacial score (nSPS) is 10.1. The molecule has 1 N–H and O–H groups in total. The van der Waals surface area contributed by atoms with Crippen molar-refractivity contribution in [3.8, 4) is 11.6 Å². The van der Waals surface area contributed by atoms with Crippen molar-refractivity contribution in [3.63, 3.8) is 0 Å². The van der Waals surface area contributed by atoms with Gasteiger partial charge >= 0.3 is 0 Å². The molecule has 0 saturated carbocycles. The standard InChI is InChI=1S/C11H13N5/c1-3-12-9-4-5-13-11(16-9)10-14-6-8(2)7-15-10/h4-7H,3H2,1-2H3,(H,12,13,16). The highest BCUT2D eigenvalue weighted by molar-refractivity contribution is 5.47. The molecule has 0 spiro atoms. The van der Waals surface area contributed by atoms with Gasteiger partial charge in [0.05, 0.1) is 0 Å². The van der Waals surface area contributed by atoms with Gasteiger partial charge < -0.3 is 5.32 Å². The van der Waals surface area contributed by atoms with Crippen LogP contribution >= 0.6 is 0 Å². The Morgan fingerprint density at radius 1 is 1.12 bits per heavy atom. The highest BCUT2D eigenvalue weighted by atomic mass is 15.1. The van der Waals surface area contributed by atoms with Gasteiger partial charge in [-0.1, -0.05) is 0 Å². The maximum atomic E-state index is 4.32. The Balaban J connectivity index is 2.32. The lowest BCUT2D eigenvalue weighted by Crippen LogP contribution is -2.02. The molecule has 0 aromatic carbocycles. The third-order valence-electron chi connectivity index (χ3n) is 1.99. The fourth-order valence-corrected chi connectivity index (χ4v) is 1.25. The molecule has 0 fully saturated rings. The van der Waals surface area contributed by atoms with E-state index in [4.69, 9.17) is 0 Å². The third kappa shape index (κ3) is 2.31. The van der Waals surface area contributed by atoms with Crippen LogP contribution in [0.4, 0.5) is 5.82 Å². The van der Waals surface area contributed by atoms with Crippen LogP contribution in [0.25, 0.3) is 11.6 Å². The summed E-state index contributed by atoms with van der Waals surface area (Å²) in [4.78, 5) is 16.8. The zero-order valence-electron chi connectivity index (χ0n) is 9.31. The summed E-state index contributed by atoms with van der Waals surface area (Å²) in [5.41, 5.74) is 1.02. The van der Waals surface area contributed by atoms with Crippen LogP contribution in [-0.2, 0) is 0 Å². The molecule has 16 heavy (non-hydrogen) atoms. The lowest BCUT2D eigenvalue weighted by atomic mass is 10.4. The van der Waals surface area contributed by atoms with Crippen LogP contribution in [0, 0.1) is 6.92 Å². The molecule has 0 amide bonds. The van der Waals surface area contributed by atoms with E-state index in [0.717, 1.165) is 17.9 Å². The van der Waals surface area contributed by atoms with Gasteiger partial charge in [0.1, 0.15) is 5.82 Å². The van der Waals surface area contributed by atoms with E-state index < -0.39 is 0 Å². The van der Waals surface area contributed by atoms with Crippen LogP contribution in [0.3, 0.4) is 0 Å². The summed E-state index contributed by atoms with van der Waals surface area (Å²) in [5.74, 6) is 1.88. The molecule has 2 aromatic heterocycles. The minimum atomic E-state index is 0.540. The monoisotopic (exact) mass is 215 g/mol. The summed E-state index contributed by atoms with van der Waals surface area (Å²) in [6.07, 6.45) is 5.21. The Hall–Kier alpha value is -2.04. The Labute approximate surface area is 94.0 Å². The lowest BCUT2D eigenvalue weighted by molar-refractivity contribution is 1.05. The van der Waals surface area contributed by atoms with E-state index in [1.165, 1.54) is 0 Å². The van der Waals surface area contributed by atoms with Crippen LogP contribution in [0.15, 0.2) is 24.7 Å². The quantitative estimate of drug-likeness (QED) is 0.843. The second-order valence-electron chi connectivity index (χ2n) is 3.38. The minimum absolute atomic E-state index is 0.540. The number of anilines is 1. The first-order chi connectivity index (χ1) is 7.79. The van der Waals surface area contributed by atoms with Crippen LogP contribution in [0.5, 0.6) is 0 Å². The van der Waals surface area contributed by atoms with Crippen molar-refractivity contribution in [2.75, 3.05) is 11.9 Å². The summed E-state index contributed by atoms with van der Waals surface area (Å²) in [5, 5.41) is 3.12. The summed E-state index contributed by atoms with van der Waals surface area (Å²) in [7, 11) is 0. The fraction of sp³-hybridized carbons (Fsp3) is 0.273. The fourth-order valence-electron chi connectivity index (χ4n) is 1.25. The van der Waals surface area contributed by atoms with Gasteiger partial charge in [-0.2, -0.15) is 0 Å². The molecule has 0 radical (unpaired) electrons. The Morgan fingerprint density at radius 2 is 1.88 bits per heavy atom. The number of hydrogen-bond donors (Lipinski definition) is 1. The van der Waals surface area contributed by atoms with Crippen LogP contribution < -0.4 is 5.32 Å². The number of aromatic nitrogens is 4. The average Bonchev–Trinajstić information content (AvgIpc) is 2.31. The van der Waals surface area contributed by atoms with Crippen molar-refractivity contribution < 1.29 is 0 Å². The molecule has 82 valence electrons. The number of rotatable bonds is 3. The molecule has 5 heteroatoms. The van der Waals surface area contributed by atoms with E-state index in [1.807, 2.05) is 19.9 Å². The molecule has 0 saturated heterocycles. The molecule has 0 atom stereocenters. The molecule has 0 aliphatic heterocycles. The van der Waals surface area contributed by atoms with E-state index in [2.05, 4.69) is 25.3 Å². The van der Waals surface area contributed by atoms with Gasteiger partial charge in [-0.25, -0.2) is 19.9 Å². The lowest BCUT2D eigenvalue weighted by Gasteiger charge is -2.03. The first-order valence-electron chi connectivity index (χ1n) is 5.15. The molecule has 0 bridgehead atoms. The highest BCUT2D eigenvalue weighted by Gasteiger charge is 2.04. The molecular formula is C11H13N5. The maximum Gasteiger partial charge on any atom is 0.199 e. The van der Waals surface area contributed by atoms with Crippen molar-refractivity contribution in [2.45, 2.75) is 13.8 Å². The molecule has 2 heterocycles. The Bertz CT molecular complexity index is 466. The first kappa shape index (κ1) is 10.5. The maximum absolute atomic E-state index is 4.32. The molecule has 2 aromatic rings. The van der Waals surface area contributed by atoms with E-state index >= 15 is 0 Å². The van der Waals surface area contributed by atoms with Crippen LogP contribution in [0.2, 0.25) is 0 Å². The highest BCUT2D eigenvalue weighted by Crippen LogP contribution is 2.10. The van der Waals surface area contributed by atoms with Gasteiger partial charge in [0.2, 0.25) is 0 Å². The van der Waals surface area contributed by atoms with Crippen molar-refractivity contribution in [2.24, 2.45) is 0 Å². The van der Waals surface area contributed by atoms with Gasteiger partial charge in [0.25, 0.3) is 0 Å². The van der Waals surface area contributed by atoms with Gasteiger partial charge in [0.15, 0.2) is 11.6 Å². The number of hydrogen-bond acceptors (Lipinski definition) is 5. The van der Waals surface area contributed by atoms with Crippen LogP contribution in [-0.4, -0.2) is 26.5 Å². The number of aryl methyl sites for hydroxylation is 1. The zero-order valence-corrected chi connectivity index (χ0v) is 9.31. The first-order valence-corrected chi connectivity index (χ1v) is 5.15. The molecule has 0 aliphatic rings. The molecule has 0 unspecified atom stereocenters. The van der Waals surface area contributed by atoms with Crippen molar-refractivity contribution in [3.05, 3.63) is 30.2 Å². The molecule has 0 aliphatic carbocycles. The average molecular weight is 215 g/mol.